The van der Waals surface area contributed by atoms with Crippen molar-refractivity contribution in [3.63, 3.8) is 0 Å². The maximum absolute atomic E-state index is 12.2. The molecule has 1 fully saturated rings. The molecule has 0 spiro atoms. The molecule has 0 saturated carbocycles. The van der Waals surface area contributed by atoms with Gasteiger partial charge in [0, 0.05) is 36.1 Å². The molecule has 0 aliphatic carbocycles. The Bertz CT molecular complexity index is 462. The first kappa shape index (κ1) is 15.5. The third-order valence-corrected chi connectivity index (χ3v) is 4.08. The predicted octanol–water partition coefficient (Wildman–Crippen LogP) is 2.94. The van der Waals surface area contributed by atoms with Crippen molar-refractivity contribution in [2.45, 2.75) is 25.3 Å². The summed E-state index contributed by atoms with van der Waals surface area (Å²) in [5.74, 6) is 0.183. The Labute approximate surface area is 126 Å². The van der Waals surface area contributed by atoms with Gasteiger partial charge < -0.3 is 4.90 Å². The molecule has 0 bridgehead atoms. The summed E-state index contributed by atoms with van der Waals surface area (Å²) in [4.78, 5) is 16.9. The predicted molar refractivity (Wildman–Crippen MR) is 83.5 cm³/mol. The summed E-state index contributed by atoms with van der Waals surface area (Å²) in [6, 6.07) is 7.82. The molecule has 0 amide bonds. The molecular weight excluding hydrogens is 272 g/mol. The molecule has 110 valence electrons. The molecule has 1 aromatic rings. The van der Waals surface area contributed by atoms with Gasteiger partial charge in [-0.15, -0.1) is 0 Å². The minimum Gasteiger partial charge on any atom is -0.308 e. The van der Waals surface area contributed by atoms with E-state index in [1.807, 2.05) is 12.1 Å². The molecule has 1 aromatic carbocycles. The lowest BCUT2D eigenvalue weighted by molar-refractivity contribution is 0.0957. The van der Waals surface area contributed by atoms with Gasteiger partial charge in [-0.3, -0.25) is 9.69 Å². The Hall–Kier alpha value is -0.900. The summed E-state index contributed by atoms with van der Waals surface area (Å²) < 4.78 is 0. The van der Waals surface area contributed by atoms with Crippen LogP contribution in [0.2, 0.25) is 5.02 Å². The Morgan fingerprint density at radius 2 is 2.25 bits per heavy atom. The number of carbonyl (C=O) groups is 1. The molecule has 0 radical (unpaired) electrons. The average Bonchev–Trinajstić information content (AvgIpc) is 2.82. The minimum absolute atomic E-state index is 0.183. The highest BCUT2D eigenvalue weighted by atomic mass is 35.5. The molecule has 1 heterocycles. The molecule has 3 nitrogen and oxygen atoms in total. The highest BCUT2D eigenvalue weighted by Crippen LogP contribution is 2.19. The van der Waals surface area contributed by atoms with Gasteiger partial charge in [-0.1, -0.05) is 23.7 Å². The van der Waals surface area contributed by atoms with Gasteiger partial charge in [0.1, 0.15) is 0 Å². The topological polar surface area (TPSA) is 23.6 Å². The molecule has 1 aliphatic rings. The van der Waals surface area contributed by atoms with E-state index in [0.717, 1.165) is 25.2 Å². The average molecular weight is 295 g/mol. The van der Waals surface area contributed by atoms with Gasteiger partial charge in [-0.2, -0.15) is 0 Å². The van der Waals surface area contributed by atoms with Crippen molar-refractivity contribution < 1.29 is 4.79 Å². The number of nitrogens with zero attached hydrogens (tertiary/aromatic N) is 2. The SMILES string of the molecule is CN(C)CC1CCCN1CCC(=O)c1cccc(Cl)c1. The first-order valence-electron chi connectivity index (χ1n) is 7.24. The third kappa shape index (κ3) is 4.30. The van der Waals surface area contributed by atoms with Crippen LogP contribution in [0.3, 0.4) is 0 Å². The van der Waals surface area contributed by atoms with Gasteiger partial charge in [0.2, 0.25) is 0 Å². The molecular formula is C16H23ClN2O. The molecule has 1 atom stereocenters. The van der Waals surface area contributed by atoms with E-state index in [1.165, 1.54) is 12.8 Å². The van der Waals surface area contributed by atoms with Gasteiger partial charge in [-0.25, -0.2) is 0 Å². The fraction of sp³-hybridized carbons (Fsp3) is 0.562. The second kappa shape index (κ2) is 7.21. The second-order valence-corrected chi connectivity index (χ2v) is 6.21. The van der Waals surface area contributed by atoms with Crippen LogP contribution in [0.25, 0.3) is 0 Å². The molecule has 20 heavy (non-hydrogen) atoms. The van der Waals surface area contributed by atoms with Gasteiger partial charge >= 0.3 is 0 Å². The number of rotatable bonds is 6. The quantitative estimate of drug-likeness (QED) is 0.754. The normalized spacial score (nSPS) is 19.7. The van der Waals surface area contributed by atoms with Gasteiger partial charge in [-0.05, 0) is 45.6 Å². The number of Topliss-reactive ketones (excluding diaryl/α,β-unsaturated/α-hetero) is 1. The van der Waals surface area contributed by atoms with E-state index >= 15 is 0 Å². The lowest BCUT2D eigenvalue weighted by Crippen LogP contribution is -2.38. The van der Waals surface area contributed by atoms with E-state index in [2.05, 4.69) is 23.9 Å². The second-order valence-electron chi connectivity index (χ2n) is 5.78. The lowest BCUT2D eigenvalue weighted by atomic mass is 10.1. The van der Waals surface area contributed by atoms with Crippen LogP contribution in [0.1, 0.15) is 29.6 Å². The fourth-order valence-electron chi connectivity index (χ4n) is 2.87. The molecule has 0 N–H and O–H groups in total. The first-order valence-corrected chi connectivity index (χ1v) is 7.61. The number of halogens is 1. The van der Waals surface area contributed by atoms with Crippen LogP contribution >= 0.6 is 11.6 Å². The van der Waals surface area contributed by atoms with Crippen LogP contribution in [0.15, 0.2) is 24.3 Å². The number of ketones is 1. The monoisotopic (exact) mass is 294 g/mol. The number of likely N-dealkylation sites (tertiary alicyclic amines) is 1. The van der Waals surface area contributed by atoms with E-state index in [9.17, 15) is 4.79 Å². The van der Waals surface area contributed by atoms with Crippen molar-refractivity contribution in [1.82, 2.24) is 9.80 Å². The maximum Gasteiger partial charge on any atom is 0.164 e. The van der Waals surface area contributed by atoms with E-state index in [-0.39, 0.29) is 5.78 Å². The van der Waals surface area contributed by atoms with Gasteiger partial charge in [0.15, 0.2) is 5.78 Å². The molecule has 4 heteroatoms. The smallest absolute Gasteiger partial charge is 0.164 e. The number of carbonyl (C=O) groups excluding carboxylic acids is 1. The molecule has 0 aromatic heterocycles. The Morgan fingerprint density at radius 1 is 1.45 bits per heavy atom. The van der Waals surface area contributed by atoms with Crippen LogP contribution in [-0.4, -0.2) is 55.4 Å². The van der Waals surface area contributed by atoms with Crippen LogP contribution in [0.4, 0.5) is 0 Å². The Morgan fingerprint density at radius 3 is 2.95 bits per heavy atom. The van der Waals surface area contributed by atoms with E-state index in [0.29, 0.717) is 17.5 Å². The van der Waals surface area contributed by atoms with Crippen molar-refractivity contribution >= 4 is 17.4 Å². The zero-order chi connectivity index (χ0) is 14.5. The van der Waals surface area contributed by atoms with Gasteiger partial charge in [0.05, 0.1) is 0 Å². The maximum atomic E-state index is 12.2. The molecule has 1 saturated heterocycles. The van der Waals surface area contributed by atoms with Crippen LogP contribution in [0, 0.1) is 0 Å². The summed E-state index contributed by atoms with van der Waals surface area (Å²) in [5.41, 5.74) is 0.723. The summed E-state index contributed by atoms with van der Waals surface area (Å²) in [6.45, 7) is 3.04. The third-order valence-electron chi connectivity index (χ3n) is 3.85. The lowest BCUT2D eigenvalue weighted by Gasteiger charge is -2.26. The van der Waals surface area contributed by atoms with Crippen molar-refractivity contribution in [2.24, 2.45) is 0 Å². The first-order chi connectivity index (χ1) is 9.56. The molecule has 1 unspecified atom stereocenters. The zero-order valence-corrected chi connectivity index (χ0v) is 13.1. The zero-order valence-electron chi connectivity index (χ0n) is 12.3. The summed E-state index contributed by atoms with van der Waals surface area (Å²) in [5, 5.41) is 0.627. The minimum atomic E-state index is 0.183. The van der Waals surface area contributed by atoms with Crippen molar-refractivity contribution in [3.8, 4) is 0 Å². The van der Waals surface area contributed by atoms with Gasteiger partial charge in [0.25, 0.3) is 0 Å². The van der Waals surface area contributed by atoms with E-state index in [1.54, 1.807) is 12.1 Å². The summed E-state index contributed by atoms with van der Waals surface area (Å²) in [7, 11) is 4.21. The van der Waals surface area contributed by atoms with Crippen molar-refractivity contribution in [3.05, 3.63) is 34.9 Å². The molecule has 1 aliphatic heterocycles. The highest BCUT2D eigenvalue weighted by Gasteiger charge is 2.25. The fourth-order valence-corrected chi connectivity index (χ4v) is 3.06. The highest BCUT2D eigenvalue weighted by molar-refractivity contribution is 6.31. The number of benzene rings is 1. The van der Waals surface area contributed by atoms with E-state index < -0.39 is 0 Å². The van der Waals surface area contributed by atoms with Crippen LogP contribution in [0.5, 0.6) is 0 Å². The number of hydrogen-bond acceptors (Lipinski definition) is 3. The number of hydrogen-bond donors (Lipinski definition) is 0. The standard InChI is InChI=1S/C16H23ClN2O/c1-18(2)12-15-7-4-9-19(15)10-8-16(20)13-5-3-6-14(17)11-13/h3,5-6,11,15H,4,7-10,12H2,1-2H3. The van der Waals surface area contributed by atoms with Crippen LogP contribution < -0.4 is 0 Å². The summed E-state index contributed by atoms with van der Waals surface area (Å²) in [6.07, 6.45) is 3.05. The van der Waals surface area contributed by atoms with E-state index in [4.69, 9.17) is 11.6 Å². The largest absolute Gasteiger partial charge is 0.308 e. The molecule has 2 rings (SSSR count). The summed E-state index contributed by atoms with van der Waals surface area (Å²) >= 11 is 5.93. The van der Waals surface area contributed by atoms with Crippen molar-refractivity contribution in [1.29, 1.82) is 0 Å². The Balaban J connectivity index is 1.86. The van der Waals surface area contributed by atoms with Crippen LogP contribution in [-0.2, 0) is 0 Å². The van der Waals surface area contributed by atoms with Crippen molar-refractivity contribution in [2.75, 3.05) is 33.7 Å². The number of likely N-dealkylation sites (N-methyl/N-ethyl adjacent to an activating group) is 1. The Kier molecular flexibility index (Phi) is 5.58.